The maximum Gasteiger partial charge on any atom is 0.164 e. The molecule has 0 spiro atoms. The zero-order chi connectivity index (χ0) is 44.0. The largest absolute Gasteiger partial charge is 0.309 e. The summed E-state index contributed by atoms with van der Waals surface area (Å²) in [6.07, 6.45) is 0. The Morgan fingerprint density at radius 3 is 1.39 bits per heavy atom. The summed E-state index contributed by atoms with van der Waals surface area (Å²) in [5, 5.41) is 1.19. The molecular formula is C57H38N4. The molecule has 0 fully saturated rings. The van der Waals surface area contributed by atoms with E-state index in [2.05, 4.69) is 84.9 Å². The van der Waals surface area contributed by atoms with Gasteiger partial charge in [0.05, 0.1) is 16.5 Å². The second-order valence-corrected chi connectivity index (χ2v) is 15.0. The summed E-state index contributed by atoms with van der Waals surface area (Å²) in [6, 6.07) is 68.7. The van der Waals surface area contributed by atoms with Crippen molar-refractivity contribution >= 4 is 21.8 Å². The van der Waals surface area contributed by atoms with Gasteiger partial charge in [-0.3, -0.25) is 0 Å². The molecule has 0 saturated heterocycles. The minimum Gasteiger partial charge on any atom is -0.309 e. The van der Waals surface area contributed by atoms with Gasteiger partial charge in [-0.2, -0.15) is 0 Å². The fraction of sp³-hybridized carbons (Fsp3) is 0. The molecule has 0 radical (unpaired) electrons. The van der Waals surface area contributed by atoms with Crippen molar-refractivity contribution in [2.24, 2.45) is 0 Å². The van der Waals surface area contributed by atoms with Crippen molar-refractivity contribution in [2.45, 2.75) is 0 Å². The number of aromatic nitrogens is 4. The highest BCUT2D eigenvalue weighted by Crippen LogP contribution is 2.39. The first-order valence-corrected chi connectivity index (χ1v) is 20.3. The molecule has 0 unspecified atom stereocenters. The van der Waals surface area contributed by atoms with Crippen LogP contribution in [0.2, 0.25) is 0 Å². The van der Waals surface area contributed by atoms with Gasteiger partial charge in [0.2, 0.25) is 0 Å². The van der Waals surface area contributed by atoms with Crippen LogP contribution in [0.1, 0.15) is 5.48 Å². The first-order valence-electron chi connectivity index (χ1n) is 22.3. The molecule has 4 nitrogen and oxygen atoms in total. The smallest absolute Gasteiger partial charge is 0.164 e. The Balaban J connectivity index is 1.10. The molecule has 0 atom stereocenters. The molecule has 0 aliphatic carbocycles. The van der Waals surface area contributed by atoms with Gasteiger partial charge >= 0.3 is 0 Å². The molecule has 61 heavy (non-hydrogen) atoms. The van der Waals surface area contributed by atoms with E-state index < -0.39 is 0 Å². The lowest BCUT2D eigenvalue weighted by Gasteiger charge is -2.14. The molecule has 11 aromatic rings. The van der Waals surface area contributed by atoms with Gasteiger partial charge in [-0.15, -0.1) is 0 Å². The zero-order valence-electron chi connectivity index (χ0n) is 36.9. The molecule has 4 heteroatoms. The van der Waals surface area contributed by atoms with Crippen LogP contribution in [0, 0.1) is 0 Å². The van der Waals surface area contributed by atoms with Gasteiger partial charge in [-0.1, -0.05) is 206 Å². The summed E-state index contributed by atoms with van der Waals surface area (Å²) in [5.74, 6) is 1.50. The molecule has 11 rings (SSSR count). The molecule has 0 aliphatic heterocycles. The SMILES string of the molecule is [2H]c1c([2H])c([2H])c2c(c1[2H])c1cccc(-c3ccc(-c4ccccc4)cc3)c1n2-c1cccc(-c2nc(-c3ccc(-c4ccccc4)cc3)nc(-c3cccc(-c4ccccc4)c3)n2)c1. The summed E-state index contributed by atoms with van der Waals surface area (Å²) in [5.41, 5.74) is 12.6. The first kappa shape index (κ1) is 31.7. The number of hydrogen-bond acceptors (Lipinski definition) is 3. The number of para-hydroxylation sites is 2. The topological polar surface area (TPSA) is 43.6 Å². The number of hydrogen-bond donors (Lipinski definition) is 0. The van der Waals surface area contributed by atoms with Gasteiger partial charge < -0.3 is 4.57 Å². The number of nitrogens with zero attached hydrogens (tertiary/aromatic N) is 4. The van der Waals surface area contributed by atoms with Crippen LogP contribution in [0.4, 0.5) is 0 Å². The van der Waals surface area contributed by atoms with Gasteiger partial charge in [0.15, 0.2) is 17.5 Å². The Morgan fingerprint density at radius 1 is 0.328 bits per heavy atom. The Morgan fingerprint density at radius 2 is 0.770 bits per heavy atom. The highest BCUT2D eigenvalue weighted by molar-refractivity contribution is 6.13. The minimum atomic E-state index is -0.292. The predicted octanol–water partition coefficient (Wildman–Crippen LogP) is 14.6. The van der Waals surface area contributed by atoms with Gasteiger partial charge in [0, 0.05) is 38.7 Å². The second-order valence-electron chi connectivity index (χ2n) is 15.0. The summed E-state index contributed by atoms with van der Waals surface area (Å²) in [4.78, 5) is 15.4. The van der Waals surface area contributed by atoms with Crippen LogP contribution in [0.3, 0.4) is 0 Å². The van der Waals surface area contributed by atoms with E-state index in [-0.39, 0.29) is 24.2 Å². The van der Waals surface area contributed by atoms with Crippen LogP contribution in [-0.2, 0) is 0 Å². The zero-order valence-corrected chi connectivity index (χ0v) is 32.9. The Hall–Kier alpha value is -8.21. The van der Waals surface area contributed by atoms with E-state index in [1.807, 2.05) is 126 Å². The molecular weight excluding hydrogens is 741 g/mol. The van der Waals surface area contributed by atoms with E-state index in [1.54, 1.807) is 0 Å². The number of benzene rings is 9. The molecule has 2 aromatic heterocycles. The molecule has 0 aliphatic rings. The summed E-state index contributed by atoms with van der Waals surface area (Å²) in [6.45, 7) is 0. The van der Waals surface area contributed by atoms with Crippen molar-refractivity contribution in [2.75, 3.05) is 0 Å². The van der Waals surface area contributed by atoms with Crippen LogP contribution in [-0.4, -0.2) is 19.5 Å². The van der Waals surface area contributed by atoms with Crippen molar-refractivity contribution in [1.29, 1.82) is 0 Å². The standard InChI is InChI=1S/C57H38N4/c1-4-15-39(16-5-1)42-29-33-44(34-30-42)50-26-14-27-52-51-25-10-11-28-53(51)61(54(50)52)49-24-13-23-48(38-49)57-59-55(45-35-31-43(32-36-45)40-17-6-2-7-18-40)58-56(60-57)47-22-12-21-46(37-47)41-19-8-3-9-20-41/h1-38H/i10D,11D,25D,28D. The van der Waals surface area contributed by atoms with E-state index in [4.69, 9.17) is 17.7 Å². The van der Waals surface area contributed by atoms with E-state index in [1.165, 1.54) is 0 Å². The molecule has 286 valence electrons. The van der Waals surface area contributed by atoms with E-state index in [0.717, 1.165) is 66.5 Å². The van der Waals surface area contributed by atoms with Gasteiger partial charge in [0.1, 0.15) is 0 Å². The fourth-order valence-electron chi connectivity index (χ4n) is 8.19. The third kappa shape index (κ3) is 6.86. The van der Waals surface area contributed by atoms with Crippen molar-refractivity contribution in [3.63, 3.8) is 0 Å². The summed E-state index contributed by atoms with van der Waals surface area (Å²) in [7, 11) is 0. The van der Waals surface area contributed by atoms with Crippen molar-refractivity contribution < 1.29 is 5.48 Å². The minimum absolute atomic E-state index is 0.0831. The highest BCUT2D eigenvalue weighted by Gasteiger charge is 2.19. The third-order valence-corrected chi connectivity index (χ3v) is 11.2. The van der Waals surface area contributed by atoms with Crippen LogP contribution in [0.5, 0.6) is 0 Å². The fourth-order valence-corrected chi connectivity index (χ4v) is 8.19. The average Bonchev–Trinajstić information content (AvgIpc) is 3.74. The predicted molar refractivity (Wildman–Crippen MR) is 252 cm³/mol. The number of fused-ring (bicyclic) bond motifs is 3. The lowest BCUT2D eigenvalue weighted by atomic mass is 9.98. The molecule has 9 aromatic carbocycles. The van der Waals surface area contributed by atoms with E-state index >= 15 is 0 Å². The lowest BCUT2D eigenvalue weighted by molar-refractivity contribution is 1.07. The van der Waals surface area contributed by atoms with Gasteiger partial charge in [-0.05, 0) is 63.2 Å². The normalized spacial score (nSPS) is 12.2. The quantitative estimate of drug-likeness (QED) is 0.154. The molecule has 0 N–H and O–H groups in total. The van der Waals surface area contributed by atoms with Gasteiger partial charge in [0.25, 0.3) is 0 Å². The maximum atomic E-state index is 9.32. The number of rotatable bonds is 8. The highest BCUT2D eigenvalue weighted by atomic mass is 15.0. The van der Waals surface area contributed by atoms with Gasteiger partial charge in [-0.25, -0.2) is 15.0 Å². The third-order valence-electron chi connectivity index (χ3n) is 11.2. The Labute approximate surface area is 360 Å². The van der Waals surface area contributed by atoms with Crippen molar-refractivity contribution in [1.82, 2.24) is 19.5 Å². The maximum absolute atomic E-state index is 9.32. The first-order chi connectivity index (χ1) is 31.9. The Kier molecular flexibility index (Phi) is 8.07. The van der Waals surface area contributed by atoms with Crippen molar-refractivity contribution in [3.05, 3.63) is 230 Å². The van der Waals surface area contributed by atoms with Crippen molar-refractivity contribution in [3.8, 4) is 84.4 Å². The summed E-state index contributed by atoms with van der Waals surface area (Å²) < 4.78 is 38.0. The molecule has 0 bridgehead atoms. The second kappa shape index (κ2) is 15.5. The summed E-state index contributed by atoms with van der Waals surface area (Å²) >= 11 is 0. The van der Waals surface area contributed by atoms with Crippen LogP contribution in [0.25, 0.3) is 106 Å². The molecule has 0 saturated carbocycles. The monoisotopic (exact) mass is 782 g/mol. The Bertz CT molecular complexity index is 3560. The van der Waals surface area contributed by atoms with E-state index in [9.17, 15) is 2.74 Å². The lowest BCUT2D eigenvalue weighted by Crippen LogP contribution is -2.01. The van der Waals surface area contributed by atoms with Crippen LogP contribution in [0.15, 0.2) is 230 Å². The molecule has 2 heterocycles. The van der Waals surface area contributed by atoms with Crippen LogP contribution >= 0.6 is 0 Å². The van der Waals surface area contributed by atoms with E-state index in [0.29, 0.717) is 39.6 Å². The average molecular weight is 783 g/mol. The molecule has 0 amide bonds. The van der Waals surface area contributed by atoms with Crippen LogP contribution < -0.4 is 0 Å².